The second-order valence-electron chi connectivity index (χ2n) is 3.80. The van der Waals surface area contributed by atoms with E-state index < -0.39 is 0 Å². The lowest BCUT2D eigenvalue weighted by Gasteiger charge is -2.14. The second-order valence-corrected chi connectivity index (χ2v) is 4.64. The summed E-state index contributed by atoms with van der Waals surface area (Å²) in [6.07, 6.45) is 2.06. The Kier molecular flexibility index (Phi) is 5.44. The zero-order valence-electron chi connectivity index (χ0n) is 9.19. The number of rotatable bonds is 5. The molecule has 1 N–H and O–H groups in total. The molecule has 0 saturated carbocycles. The van der Waals surface area contributed by atoms with E-state index in [4.69, 9.17) is 23.2 Å². The Bertz CT molecular complexity index is 312. The maximum atomic E-state index is 6.09. The van der Waals surface area contributed by atoms with Crippen LogP contribution in [0.2, 0.25) is 10.0 Å². The molecule has 0 fully saturated rings. The average Bonchev–Trinajstić information content (AvgIpc) is 2.20. The minimum Gasteiger partial charge on any atom is -0.314 e. The summed E-state index contributed by atoms with van der Waals surface area (Å²) < 4.78 is 0. The molecule has 0 aliphatic heterocycles. The normalized spacial score (nSPS) is 12.8. The van der Waals surface area contributed by atoms with Gasteiger partial charge in [0, 0.05) is 16.1 Å². The third-order valence-electron chi connectivity index (χ3n) is 2.28. The largest absolute Gasteiger partial charge is 0.314 e. The smallest absolute Gasteiger partial charge is 0.0439 e. The number of benzene rings is 1. The molecule has 0 aliphatic rings. The number of hydrogen-bond donors (Lipinski definition) is 1. The highest BCUT2D eigenvalue weighted by Crippen LogP contribution is 2.21. The fraction of sp³-hybridized carbons (Fsp3) is 0.500. The van der Waals surface area contributed by atoms with E-state index in [1.807, 2.05) is 18.2 Å². The van der Waals surface area contributed by atoms with Crippen LogP contribution in [0, 0.1) is 0 Å². The van der Waals surface area contributed by atoms with Crippen LogP contribution in [0.5, 0.6) is 0 Å². The predicted molar refractivity (Wildman–Crippen MR) is 67.9 cm³/mol. The molecular formula is C12H17Cl2N. The molecule has 0 amide bonds. The van der Waals surface area contributed by atoms with Gasteiger partial charge in [0.05, 0.1) is 0 Å². The van der Waals surface area contributed by atoms with Crippen molar-refractivity contribution in [1.82, 2.24) is 5.32 Å². The summed E-state index contributed by atoms with van der Waals surface area (Å²) in [4.78, 5) is 0. The molecule has 1 unspecified atom stereocenters. The first-order valence-electron chi connectivity index (χ1n) is 5.30. The average molecular weight is 246 g/mol. The molecule has 0 radical (unpaired) electrons. The standard InChI is InChI=1S/C12H17Cl2N/c1-3-6-15-9(2)7-10-8-11(13)4-5-12(10)14/h4-5,8-9,15H,3,6-7H2,1-2H3. The molecule has 1 rings (SSSR count). The molecule has 0 heterocycles. The van der Waals surface area contributed by atoms with Gasteiger partial charge < -0.3 is 5.32 Å². The zero-order valence-corrected chi connectivity index (χ0v) is 10.7. The van der Waals surface area contributed by atoms with Gasteiger partial charge in [0.1, 0.15) is 0 Å². The van der Waals surface area contributed by atoms with Gasteiger partial charge in [-0.25, -0.2) is 0 Å². The molecule has 0 aromatic heterocycles. The quantitative estimate of drug-likeness (QED) is 0.830. The number of nitrogens with one attached hydrogen (secondary N) is 1. The third-order valence-corrected chi connectivity index (χ3v) is 2.88. The Hall–Kier alpha value is -0.240. The SMILES string of the molecule is CCCNC(C)Cc1cc(Cl)ccc1Cl. The van der Waals surface area contributed by atoms with Gasteiger partial charge in [0.25, 0.3) is 0 Å². The first-order chi connectivity index (χ1) is 7.13. The molecule has 15 heavy (non-hydrogen) atoms. The fourth-order valence-electron chi connectivity index (χ4n) is 1.49. The summed E-state index contributed by atoms with van der Waals surface area (Å²) >= 11 is 12.0. The molecule has 0 aliphatic carbocycles. The molecule has 1 aromatic carbocycles. The minimum atomic E-state index is 0.431. The van der Waals surface area contributed by atoms with Gasteiger partial charge in [-0.05, 0) is 50.1 Å². The summed E-state index contributed by atoms with van der Waals surface area (Å²) in [5.74, 6) is 0. The van der Waals surface area contributed by atoms with Crippen LogP contribution in [-0.2, 0) is 6.42 Å². The Morgan fingerprint density at radius 2 is 2.07 bits per heavy atom. The van der Waals surface area contributed by atoms with Crippen molar-refractivity contribution < 1.29 is 0 Å². The molecule has 1 nitrogen and oxygen atoms in total. The van der Waals surface area contributed by atoms with Crippen molar-refractivity contribution in [3.05, 3.63) is 33.8 Å². The van der Waals surface area contributed by atoms with Gasteiger partial charge in [-0.1, -0.05) is 30.1 Å². The lowest BCUT2D eigenvalue weighted by molar-refractivity contribution is 0.543. The van der Waals surface area contributed by atoms with Gasteiger partial charge in [0.2, 0.25) is 0 Å². The van der Waals surface area contributed by atoms with E-state index in [0.717, 1.165) is 35.0 Å². The number of hydrogen-bond acceptors (Lipinski definition) is 1. The first-order valence-corrected chi connectivity index (χ1v) is 6.06. The lowest BCUT2D eigenvalue weighted by atomic mass is 10.1. The van der Waals surface area contributed by atoms with E-state index in [9.17, 15) is 0 Å². The number of halogens is 2. The van der Waals surface area contributed by atoms with Crippen LogP contribution in [0.25, 0.3) is 0 Å². The van der Waals surface area contributed by atoms with E-state index in [-0.39, 0.29) is 0 Å². The second kappa shape index (κ2) is 6.37. The molecule has 0 bridgehead atoms. The highest BCUT2D eigenvalue weighted by Gasteiger charge is 2.06. The van der Waals surface area contributed by atoms with Crippen molar-refractivity contribution in [1.29, 1.82) is 0 Å². The summed E-state index contributed by atoms with van der Waals surface area (Å²) in [6.45, 7) is 5.36. The van der Waals surface area contributed by atoms with E-state index in [1.54, 1.807) is 0 Å². The summed E-state index contributed by atoms with van der Waals surface area (Å²) in [6, 6.07) is 6.04. The van der Waals surface area contributed by atoms with Crippen LogP contribution in [0.4, 0.5) is 0 Å². The van der Waals surface area contributed by atoms with Crippen LogP contribution >= 0.6 is 23.2 Å². The fourth-order valence-corrected chi connectivity index (χ4v) is 1.88. The van der Waals surface area contributed by atoms with Crippen molar-refractivity contribution in [3.8, 4) is 0 Å². The van der Waals surface area contributed by atoms with Gasteiger partial charge in [-0.3, -0.25) is 0 Å². The Labute approximate surface area is 102 Å². The molecule has 0 spiro atoms. The highest BCUT2D eigenvalue weighted by atomic mass is 35.5. The minimum absolute atomic E-state index is 0.431. The zero-order chi connectivity index (χ0) is 11.3. The van der Waals surface area contributed by atoms with E-state index in [2.05, 4.69) is 19.2 Å². The molecule has 3 heteroatoms. The summed E-state index contributed by atoms with van der Waals surface area (Å²) in [7, 11) is 0. The third kappa shape index (κ3) is 4.42. The van der Waals surface area contributed by atoms with Crippen molar-refractivity contribution in [2.24, 2.45) is 0 Å². The van der Waals surface area contributed by atoms with Crippen LogP contribution in [0.3, 0.4) is 0 Å². The van der Waals surface area contributed by atoms with Crippen molar-refractivity contribution >= 4 is 23.2 Å². The van der Waals surface area contributed by atoms with Gasteiger partial charge >= 0.3 is 0 Å². The molecule has 84 valence electrons. The van der Waals surface area contributed by atoms with Gasteiger partial charge in [-0.2, -0.15) is 0 Å². The monoisotopic (exact) mass is 245 g/mol. The maximum Gasteiger partial charge on any atom is 0.0439 e. The topological polar surface area (TPSA) is 12.0 Å². The highest BCUT2D eigenvalue weighted by molar-refractivity contribution is 6.33. The van der Waals surface area contributed by atoms with Gasteiger partial charge in [0.15, 0.2) is 0 Å². The molecule has 1 aromatic rings. The molecule has 0 saturated heterocycles. The van der Waals surface area contributed by atoms with Crippen molar-refractivity contribution in [3.63, 3.8) is 0 Å². The van der Waals surface area contributed by atoms with Gasteiger partial charge in [-0.15, -0.1) is 0 Å². The summed E-state index contributed by atoms with van der Waals surface area (Å²) in [5, 5.41) is 4.97. The Morgan fingerprint density at radius 3 is 2.73 bits per heavy atom. The van der Waals surface area contributed by atoms with E-state index in [0.29, 0.717) is 6.04 Å². The van der Waals surface area contributed by atoms with Crippen LogP contribution in [0.15, 0.2) is 18.2 Å². The Balaban J connectivity index is 2.59. The van der Waals surface area contributed by atoms with Crippen molar-refractivity contribution in [2.75, 3.05) is 6.54 Å². The maximum absolute atomic E-state index is 6.09. The van der Waals surface area contributed by atoms with E-state index in [1.165, 1.54) is 0 Å². The van der Waals surface area contributed by atoms with E-state index >= 15 is 0 Å². The van der Waals surface area contributed by atoms with Crippen molar-refractivity contribution in [2.45, 2.75) is 32.7 Å². The molecule has 1 atom stereocenters. The van der Waals surface area contributed by atoms with Crippen LogP contribution < -0.4 is 5.32 Å². The molecular weight excluding hydrogens is 229 g/mol. The predicted octanol–water partition coefficient (Wildman–Crippen LogP) is 3.92. The lowest BCUT2D eigenvalue weighted by Crippen LogP contribution is -2.28. The summed E-state index contributed by atoms with van der Waals surface area (Å²) in [5.41, 5.74) is 1.11. The Morgan fingerprint density at radius 1 is 1.33 bits per heavy atom. The first kappa shape index (κ1) is 12.8. The van der Waals surface area contributed by atoms with Crippen LogP contribution in [0.1, 0.15) is 25.8 Å². The van der Waals surface area contributed by atoms with Crippen LogP contribution in [-0.4, -0.2) is 12.6 Å².